The second-order valence-corrected chi connectivity index (χ2v) is 9.35. The molecule has 0 bridgehead atoms. The van der Waals surface area contributed by atoms with Gasteiger partial charge in [-0.2, -0.15) is 4.31 Å². The lowest BCUT2D eigenvalue weighted by Gasteiger charge is -2.30. The molecule has 2 N–H and O–H groups in total. The zero-order valence-corrected chi connectivity index (χ0v) is 16.2. The van der Waals surface area contributed by atoms with E-state index >= 15 is 0 Å². The molecule has 1 aliphatic carbocycles. The monoisotopic (exact) mass is 379 g/mol. The van der Waals surface area contributed by atoms with E-state index in [0.717, 1.165) is 51.6 Å². The largest absolute Gasteiger partial charge is 0.348 e. The van der Waals surface area contributed by atoms with E-state index in [2.05, 4.69) is 10.6 Å². The van der Waals surface area contributed by atoms with Gasteiger partial charge in [-0.3, -0.25) is 4.79 Å². The van der Waals surface area contributed by atoms with E-state index in [1.807, 2.05) is 0 Å². The molecule has 1 aliphatic heterocycles. The minimum atomic E-state index is -3.52. The van der Waals surface area contributed by atoms with Gasteiger partial charge in [-0.1, -0.05) is 19.3 Å². The first-order valence-electron chi connectivity index (χ1n) is 9.58. The van der Waals surface area contributed by atoms with E-state index in [1.165, 1.54) is 10.7 Å². The van der Waals surface area contributed by atoms with Gasteiger partial charge in [0.1, 0.15) is 0 Å². The first kappa shape index (κ1) is 19.3. The summed E-state index contributed by atoms with van der Waals surface area (Å²) in [4.78, 5) is 12.6. The molecule has 1 heterocycles. The Morgan fingerprint density at radius 3 is 2.38 bits per heavy atom. The summed E-state index contributed by atoms with van der Waals surface area (Å²) in [5.74, 6) is -0.150. The lowest BCUT2D eigenvalue weighted by molar-refractivity contribution is 0.0930. The highest BCUT2D eigenvalue weighted by molar-refractivity contribution is 7.89. The summed E-state index contributed by atoms with van der Waals surface area (Å²) < 4.78 is 27.2. The van der Waals surface area contributed by atoms with Gasteiger partial charge in [0.15, 0.2) is 0 Å². The molecule has 2 fully saturated rings. The molecule has 1 amide bonds. The molecular weight excluding hydrogens is 350 g/mol. The second kappa shape index (κ2) is 8.50. The smallest absolute Gasteiger partial charge is 0.251 e. The molecule has 0 spiro atoms. The average molecular weight is 380 g/mol. The van der Waals surface area contributed by atoms with Gasteiger partial charge in [0.25, 0.3) is 5.91 Å². The van der Waals surface area contributed by atoms with Crippen LogP contribution < -0.4 is 10.6 Å². The maximum Gasteiger partial charge on any atom is 0.251 e. The summed E-state index contributed by atoms with van der Waals surface area (Å²) in [7, 11) is -1.85. The molecule has 1 aromatic carbocycles. The van der Waals surface area contributed by atoms with Crippen molar-refractivity contribution < 1.29 is 13.2 Å². The Hall–Kier alpha value is -1.44. The van der Waals surface area contributed by atoms with Gasteiger partial charge in [-0.15, -0.1) is 0 Å². The van der Waals surface area contributed by atoms with Crippen molar-refractivity contribution in [3.8, 4) is 0 Å². The van der Waals surface area contributed by atoms with E-state index in [-0.39, 0.29) is 22.9 Å². The van der Waals surface area contributed by atoms with Crippen molar-refractivity contribution in [1.29, 1.82) is 0 Å². The van der Waals surface area contributed by atoms with E-state index in [4.69, 9.17) is 0 Å². The summed E-state index contributed by atoms with van der Waals surface area (Å²) in [5.41, 5.74) is 0.495. The number of rotatable bonds is 5. The van der Waals surface area contributed by atoms with E-state index in [0.29, 0.717) is 5.56 Å². The number of sulfonamides is 1. The summed E-state index contributed by atoms with van der Waals surface area (Å²) in [6.07, 6.45) is 7.22. The van der Waals surface area contributed by atoms with Crippen LogP contribution in [-0.4, -0.2) is 50.9 Å². The van der Waals surface area contributed by atoms with Gasteiger partial charge in [0.2, 0.25) is 10.0 Å². The third kappa shape index (κ3) is 4.45. The third-order valence-corrected chi connectivity index (χ3v) is 7.44. The van der Waals surface area contributed by atoms with Gasteiger partial charge in [-0.05, 0) is 56.5 Å². The summed E-state index contributed by atoms with van der Waals surface area (Å²) in [6.45, 7) is 1.78. The SMILES string of the molecule is CN(C1CCCCC1)S(=O)(=O)c1ccc(C(=O)NC2CCCNC2)cc1. The Morgan fingerprint density at radius 1 is 1.08 bits per heavy atom. The number of nitrogens with one attached hydrogen (secondary N) is 2. The van der Waals surface area contributed by atoms with Gasteiger partial charge in [-0.25, -0.2) is 8.42 Å². The highest BCUT2D eigenvalue weighted by Crippen LogP contribution is 2.26. The van der Waals surface area contributed by atoms with Crippen molar-refractivity contribution in [2.75, 3.05) is 20.1 Å². The minimum Gasteiger partial charge on any atom is -0.348 e. The Kier molecular flexibility index (Phi) is 6.32. The lowest BCUT2D eigenvalue weighted by atomic mass is 9.96. The molecule has 1 aromatic rings. The Bertz CT molecular complexity index is 706. The maximum atomic E-state index is 12.8. The van der Waals surface area contributed by atoms with E-state index in [1.54, 1.807) is 31.3 Å². The summed E-state index contributed by atoms with van der Waals surface area (Å²) in [6, 6.07) is 6.51. The number of carbonyl (C=O) groups excluding carboxylic acids is 1. The molecule has 1 saturated carbocycles. The fraction of sp³-hybridized carbons (Fsp3) is 0.632. The molecule has 2 aliphatic rings. The van der Waals surface area contributed by atoms with Crippen LogP contribution in [0.1, 0.15) is 55.3 Å². The highest BCUT2D eigenvalue weighted by atomic mass is 32.2. The molecule has 0 radical (unpaired) electrons. The van der Waals surface area contributed by atoms with Crippen molar-refractivity contribution in [1.82, 2.24) is 14.9 Å². The molecule has 0 aromatic heterocycles. The van der Waals surface area contributed by atoms with Crippen LogP contribution in [0, 0.1) is 0 Å². The van der Waals surface area contributed by atoms with Crippen molar-refractivity contribution in [3.05, 3.63) is 29.8 Å². The average Bonchev–Trinajstić information content (AvgIpc) is 2.69. The van der Waals surface area contributed by atoms with Gasteiger partial charge in [0.05, 0.1) is 4.90 Å². The molecule has 144 valence electrons. The van der Waals surface area contributed by atoms with Gasteiger partial charge >= 0.3 is 0 Å². The standard InChI is InChI=1S/C19H29N3O3S/c1-22(17-7-3-2-4-8-17)26(24,25)18-11-9-15(10-12-18)19(23)21-16-6-5-13-20-14-16/h9-12,16-17,20H,2-8,13-14H2,1H3,(H,21,23). The van der Waals surface area contributed by atoms with Crippen molar-refractivity contribution in [3.63, 3.8) is 0 Å². The molecule has 1 unspecified atom stereocenters. The van der Waals surface area contributed by atoms with Crippen molar-refractivity contribution in [2.24, 2.45) is 0 Å². The number of benzene rings is 1. The topological polar surface area (TPSA) is 78.5 Å². The van der Waals surface area contributed by atoms with Crippen LogP contribution in [0.5, 0.6) is 0 Å². The predicted octanol–water partition coefficient (Wildman–Crippen LogP) is 2.12. The van der Waals surface area contributed by atoms with Crippen LogP contribution in [0.25, 0.3) is 0 Å². The van der Waals surface area contributed by atoms with Crippen LogP contribution in [0.4, 0.5) is 0 Å². The van der Waals surface area contributed by atoms with Crippen LogP contribution in [0.2, 0.25) is 0 Å². The Morgan fingerprint density at radius 2 is 1.77 bits per heavy atom. The predicted molar refractivity (Wildman–Crippen MR) is 102 cm³/mol. The fourth-order valence-corrected chi connectivity index (χ4v) is 5.25. The molecule has 6 nitrogen and oxygen atoms in total. The molecule has 3 rings (SSSR count). The van der Waals surface area contributed by atoms with Crippen molar-refractivity contribution >= 4 is 15.9 Å². The number of amides is 1. The van der Waals surface area contributed by atoms with Crippen LogP contribution >= 0.6 is 0 Å². The maximum absolute atomic E-state index is 12.8. The van der Waals surface area contributed by atoms with Crippen LogP contribution in [0.3, 0.4) is 0 Å². The Balaban J connectivity index is 1.66. The normalized spacial score (nSPS) is 22.3. The summed E-state index contributed by atoms with van der Waals surface area (Å²) in [5, 5.41) is 6.27. The molecule has 1 atom stereocenters. The van der Waals surface area contributed by atoms with Crippen LogP contribution in [-0.2, 0) is 10.0 Å². The first-order chi connectivity index (χ1) is 12.5. The second-order valence-electron chi connectivity index (χ2n) is 7.35. The molecule has 26 heavy (non-hydrogen) atoms. The zero-order chi connectivity index (χ0) is 18.6. The minimum absolute atomic E-state index is 0.0792. The number of hydrogen-bond acceptors (Lipinski definition) is 4. The quantitative estimate of drug-likeness (QED) is 0.821. The Labute approximate surface area is 156 Å². The van der Waals surface area contributed by atoms with E-state index in [9.17, 15) is 13.2 Å². The lowest BCUT2D eigenvalue weighted by Crippen LogP contribution is -2.45. The van der Waals surface area contributed by atoms with E-state index < -0.39 is 10.0 Å². The molecular formula is C19H29N3O3S. The molecule has 1 saturated heterocycles. The van der Waals surface area contributed by atoms with Gasteiger partial charge < -0.3 is 10.6 Å². The number of carbonyl (C=O) groups is 1. The summed E-state index contributed by atoms with van der Waals surface area (Å²) >= 11 is 0. The zero-order valence-electron chi connectivity index (χ0n) is 15.4. The van der Waals surface area contributed by atoms with Gasteiger partial charge in [0, 0.05) is 31.2 Å². The fourth-order valence-electron chi connectivity index (χ4n) is 3.83. The highest BCUT2D eigenvalue weighted by Gasteiger charge is 2.29. The van der Waals surface area contributed by atoms with Crippen molar-refractivity contribution in [2.45, 2.75) is 61.9 Å². The first-order valence-corrected chi connectivity index (χ1v) is 11.0. The molecule has 7 heteroatoms. The number of nitrogens with zero attached hydrogens (tertiary/aromatic N) is 1. The van der Waals surface area contributed by atoms with Crippen LogP contribution in [0.15, 0.2) is 29.2 Å². The number of piperidine rings is 1. The number of hydrogen-bond donors (Lipinski definition) is 2. The third-order valence-electron chi connectivity index (χ3n) is 5.51.